The maximum atomic E-state index is 7.45. The van der Waals surface area contributed by atoms with Crippen molar-refractivity contribution in [3.63, 3.8) is 0 Å². The van der Waals surface area contributed by atoms with Crippen LogP contribution in [0.2, 0.25) is 0 Å². The van der Waals surface area contributed by atoms with E-state index in [2.05, 4.69) is 17.3 Å². The summed E-state index contributed by atoms with van der Waals surface area (Å²) in [4.78, 5) is 14.9. The Bertz CT molecular complexity index is 136. The third kappa shape index (κ3) is 12.5. The molecule has 12 heavy (non-hydrogen) atoms. The smallest absolute Gasteiger partial charge is 0.247 e. The first-order valence-corrected chi connectivity index (χ1v) is 5.43. The van der Waals surface area contributed by atoms with Crippen molar-refractivity contribution in [2.45, 2.75) is 38.5 Å². The van der Waals surface area contributed by atoms with E-state index >= 15 is 0 Å². The maximum Gasteiger partial charge on any atom is 0.247 e. The van der Waals surface area contributed by atoms with Crippen molar-refractivity contribution < 1.29 is 9.79 Å². The number of nitrogens with two attached hydrogens (primary N) is 1. The van der Waals surface area contributed by atoms with Crippen LogP contribution in [0.3, 0.4) is 0 Å². The topological polar surface area (TPSA) is 66.5 Å². The van der Waals surface area contributed by atoms with Gasteiger partial charge < -0.3 is 9.79 Å². The number of rotatable bonds is 0. The molecule has 70 valence electrons. The third-order valence-corrected chi connectivity index (χ3v) is 1.48. The molecule has 3 nitrogen and oxygen atoms in total. The highest BCUT2D eigenvalue weighted by molar-refractivity contribution is 7.42. The molecule has 0 amide bonds. The normalized spacial score (nSPS) is 16.3. The van der Waals surface area contributed by atoms with Crippen molar-refractivity contribution in [2.24, 2.45) is 5.50 Å². The van der Waals surface area contributed by atoms with Gasteiger partial charge in [-0.1, -0.05) is 12.8 Å². The van der Waals surface area contributed by atoms with Crippen LogP contribution in [-0.4, -0.2) is 9.79 Å². The Morgan fingerprint density at radius 1 is 0.917 bits per heavy atom. The predicted octanol–water partition coefficient (Wildman–Crippen LogP) is 1.50. The van der Waals surface area contributed by atoms with Gasteiger partial charge in [0.05, 0.1) is 0 Å². The molecule has 1 aliphatic rings. The lowest BCUT2D eigenvalue weighted by Crippen LogP contribution is -1.80. The lowest BCUT2D eigenvalue weighted by Gasteiger charge is -1.97. The van der Waals surface area contributed by atoms with Crippen molar-refractivity contribution in [3.8, 4) is 11.8 Å². The first-order valence-electron chi connectivity index (χ1n) is 4.12. The van der Waals surface area contributed by atoms with Gasteiger partial charge in [0.1, 0.15) is 0 Å². The maximum absolute atomic E-state index is 7.45. The van der Waals surface area contributed by atoms with Gasteiger partial charge in [0.15, 0.2) is 0 Å². The molecule has 1 aliphatic carbocycles. The van der Waals surface area contributed by atoms with Gasteiger partial charge in [-0.2, -0.15) is 0 Å². The van der Waals surface area contributed by atoms with Gasteiger partial charge in [0.25, 0.3) is 0 Å². The number of hydrogen-bond acceptors (Lipinski definition) is 3. The second-order valence-corrected chi connectivity index (χ2v) is 3.23. The molecule has 0 unspecified atom stereocenters. The summed E-state index contributed by atoms with van der Waals surface area (Å²) in [6.45, 7) is 0. The van der Waals surface area contributed by atoms with E-state index in [0.717, 1.165) is 12.8 Å². The van der Waals surface area contributed by atoms with Crippen molar-refractivity contribution in [1.82, 2.24) is 0 Å². The summed E-state index contributed by atoms with van der Waals surface area (Å²) in [7, 11) is -2.12. The van der Waals surface area contributed by atoms with Crippen LogP contribution in [0, 0.1) is 11.8 Å². The van der Waals surface area contributed by atoms with Gasteiger partial charge in [0, 0.05) is 12.8 Å². The summed E-state index contributed by atoms with van der Waals surface area (Å²) in [5, 5.41) is 0. The molecule has 0 fully saturated rings. The van der Waals surface area contributed by atoms with E-state index in [-0.39, 0.29) is 0 Å². The monoisotopic (exact) mass is 189 g/mol. The van der Waals surface area contributed by atoms with Gasteiger partial charge in [-0.25, -0.2) is 0 Å². The van der Waals surface area contributed by atoms with Gasteiger partial charge in [-0.3, -0.25) is 5.50 Å². The molecule has 0 aromatic heterocycles. The molecule has 4 heteroatoms. The van der Waals surface area contributed by atoms with E-state index in [1.165, 1.54) is 25.7 Å². The van der Waals surface area contributed by atoms with E-state index in [1.54, 1.807) is 0 Å². The van der Waals surface area contributed by atoms with Crippen LogP contribution in [0.1, 0.15) is 38.5 Å². The zero-order valence-electron chi connectivity index (χ0n) is 7.16. The first kappa shape index (κ1) is 11.9. The van der Waals surface area contributed by atoms with Crippen molar-refractivity contribution in [2.75, 3.05) is 0 Å². The van der Waals surface area contributed by atoms with Crippen LogP contribution < -0.4 is 5.50 Å². The minimum atomic E-state index is -2.12. The second kappa shape index (κ2) is 8.96. The summed E-state index contributed by atoms with van der Waals surface area (Å²) < 4.78 is 0. The van der Waals surface area contributed by atoms with E-state index in [1.807, 2.05) is 0 Å². The van der Waals surface area contributed by atoms with Crippen molar-refractivity contribution >= 4 is 8.53 Å². The summed E-state index contributed by atoms with van der Waals surface area (Å²) >= 11 is 0. The fraction of sp³-hybridized carbons (Fsp3) is 0.750. The molecule has 4 N–H and O–H groups in total. The first-order chi connectivity index (χ1) is 5.73. The molecule has 0 saturated carbocycles. The quantitative estimate of drug-likeness (QED) is 0.399. The SMILES string of the molecule is C1#CCCCCCC1.NP(O)O. The van der Waals surface area contributed by atoms with Crippen LogP contribution in [0.25, 0.3) is 0 Å². The van der Waals surface area contributed by atoms with Gasteiger partial charge >= 0.3 is 0 Å². The summed E-state index contributed by atoms with van der Waals surface area (Å²) in [6, 6.07) is 0. The minimum Gasteiger partial charge on any atom is -0.338 e. The molecular weight excluding hydrogens is 173 g/mol. The van der Waals surface area contributed by atoms with Crippen LogP contribution in [-0.2, 0) is 0 Å². The fourth-order valence-corrected chi connectivity index (χ4v) is 0.957. The molecular formula is C8H16NO2P. The van der Waals surface area contributed by atoms with Crippen LogP contribution in [0.4, 0.5) is 0 Å². The molecule has 1 rings (SSSR count). The van der Waals surface area contributed by atoms with Crippen molar-refractivity contribution in [3.05, 3.63) is 0 Å². The average molecular weight is 189 g/mol. The Morgan fingerprint density at radius 2 is 1.25 bits per heavy atom. The van der Waals surface area contributed by atoms with E-state index in [9.17, 15) is 0 Å². The largest absolute Gasteiger partial charge is 0.338 e. The zero-order chi connectivity index (χ0) is 9.23. The standard InChI is InChI=1S/C8H12.H4NO2P/c1-2-4-6-8-7-5-3-1;1-4(2)3/h1-6H2;2-3H,1H2. The summed E-state index contributed by atoms with van der Waals surface area (Å²) in [6.07, 6.45) is 7.73. The van der Waals surface area contributed by atoms with Gasteiger partial charge in [-0.15, -0.1) is 11.8 Å². The molecule has 0 saturated heterocycles. The minimum absolute atomic E-state index is 1.14. The summed E-state index contributed by atoms with van der Waals surface area (Å²) in [5.74, 6) is 6.27. The number of hydrogen-bond donors (Lipinski definition) is 3. The molecule has 0 aromatic carbocycles. The van der Waals surface area contributed by atoms with Crippen molar-refractivity contribution in [1.29, 1.82) is 0 Å². The Morgan fingerprint density at radius 3 is 1.58 bits per heavy atom. The predicted molar refractivity (Wildman–Crippen MR) is 51.0 cm³/mol. The highest BCUT2D eigenvalue weighted by atomic mass is 31.2. The molecule has 0 radical (unpaired) electrons. The Hall–Kier alpha value is -0.130. The van der Waals surface area contributed by atoms with E-state index in [4.69, 9.17) is 9.79 Å². The average Bonchev–Trinajstić information content (AvgIpc) is 1.82. The van der Waals surface area contributed by atoms with E-state index < -0.39 is 8.53 Å². The lowest BCUT2D eigenvalue weighted by molar-refractivity contribution is 0.485. The molecule has 0 aliphatic heterocycles. The van der Waals surface area contributed by atoms with E-state index in [0.29, 0.717) is 0 Å². The Kier molecular flexibility index (Phi) is 8.86. The Balaban J connectivity index is 0.000000261. The molecule has 0 bridgehead atoms. The molecule has 0 spiro atoms. The highest BCUT2D eigenvalue weighted by Crippen LogP contribution is 2.06. The molecule has 0 heterocycles. The Labute approximate surface area is 75.0 Å². The van der Waals surface area contributed by atoms with Crippen LogP contribution >= 0.6 is 8.53 Å². The van der Waals surface area contributed by atoms with Crippen LogP contribution in [0.5, 0.6) is 0 Å². The third-order valence-electron chi connectivity index (χ3n) is 1.48. The van der Waals surface area contributed by atoms with Gasteiger partial charge in [-0.05, 0) is 12.8 Å². The molecule has 0 atom stereocenters. The highest BCUT2D eigenvalue weighted by Gasteiger charge is 1.89. The summed E-state index contributed by atoms with van der Waals surface area (Å²) in [5.41, 5.74) is 4.29. The van der Waals surface area contributed by atoms with Crippen LogP contribution in [0.15, 0.2) is 0 Å². The second-order valence-electron chi connectivity index (χ2n) is 2.59. The lowest BCUT2D eigenvalue weighted by atomic mass is 10.1. The molecule has 0 aromatic rings. The van der Waals surface area contributed by atoms with Gasteiger partial charge in [0.2, 0.25) is 8.53 Å². The fourth-order valence-electron chi connectivity index (χ4n) is 0.957. The zero-order valence-corrected chi connectivity index (χ0v) is 8.06.